The predicted octanol–water partition coefficient (Wildman–Crippen LogP) is 1.64. The average Bonchev–Trinajstić information content (AvgIpc) is 2.00. The summed E-state index contributed by atoms with van der Waals surface area (Å²) in [5, 5.41) is 5.58. The molecule has 8 heavy (non-hydrogen) atoms. The van der Waals surface area contributed by atoms with Crippen LogP contribution < -0.4 is 0 Å². The van der Waals surface area contributed by atoms with E-state index in [0.29, 0.717) is 0 Å². The fraction of sp³-hybridized carbons (Fsp3) is 0.800. The normalized spacial score (nSPS) is 31.1. The number of hydrogen-bond donors (Lipinski definition) is 1. The third kappa shape index (κ3) is 5.95. The summed E-state index contributed by atoms with van der Waals surface area (Å²) in [5.74, 6) is -2.20. The van der Waals surface area contributed by atoms with Crippen molar-refractivity contribution in [3.8, 4) is 0 Å². The summed E-state index contributed by atoms with van der Waals surface area (Å²) in [4.78, 5) is 10.5. The van der Waals surface area contributed by atoms with Crippen molar-refractivity contribution in [3.05, 3.63) is 0 Å². The Hall–Kier alpha value is -0.0500. The Morgan fingerprint density at radius 2 is 2.38 bits per heavy atom. The number of alkyl halides is 1. The lowest BCUT2D eigenvalue weighted by Crippen LogP contribution is -1.93. The van der Waals surface area contributed by atoms with Crippen molar-refractivity contribution in [2.45, 2.75) is 19.1 Å². The van der Waals surface area contributed by atoms with Crippen LogP contribution in [0.15, 0.2) is 0 Å². The molecular formula is C5H9BrO2. The minimum Gasteiger partial charge on any atom is -0.481 e. The number of carbonyl (C=O) groups is 1. The molecule has 2 nitrogen and oxygen atoms in total. The van der Waals surface area contributed by atoms with Crippen molar-refractivity contribution in [3.63, 3.8) is 0 Å². The van der Waals surface area contributed by atoms with Gasteiger partial charge in [-0.2, -0.15) is 0 Å². The Morgan fingerprint density at radius 3 is 2.75 bits per heavy atom. The number of carboxylic acids is 1. The zero-order valence-corrected chi connectivity index (χ0v) is 5.32. The lowest BCUT2D eigenvalue weighted by molar-refractivity contribution is -0.137. The summed E-state index contributed by atoms with van der Waals surface area (Å²) in [6.07, 6.45) is -10.5. The molecule has 0 aliphatic carbocycles. The van der Waals surface area contributed by atoms with Crippen molar-refractivity contribution in [1.29, 1.82) is 0 Å². The summed E-state index contributed by atoms with van der Waals surface area (Å²) in [7, 11) is 0. The van der Waals surface area contributed by atoms with Gasteiger partial charge in [-0.3, -0.25) is 4.79 Å². The Bertz CT molecular complexity index is 295. The van der Waals surface area contributed by atoms with E-state index in [9.17, 15) is 4.79 Å². The fourth-order valence-electron chi connectivity index (χ4n) is 0.108. The van der Waals surface area contributed by atoms with E-state index in [4.69, 9.17) is 16.1 Å². The van der Waals surface area contributed by atoms with Crippen molar-refractivity contribution < 1.29 is 20.9 Å². The van der Waals surface area contributed by atoms with Crippen LogP contribution in [0.25, 0.3) is 0 Å². The largest absolute Gasteiger partial charge is 0.481 e. The molecule has 0 rings (SSSR count). The van der Waals surface area contributed by atoms with Crippen molar-refractivity contribution in [1.82, 2.24) is 0 Å². The van der Waals surface area contributed by atoms with E-state index >= 15 is 0 Å². The number of hydrogen-bond acceptors (Lipinski definition) is 1. The molecular weight excluding hydrogens is 172 g/mol. The summed E-state index contributed by atoms with van der Waals surface area (Å²) in [6.45, 7) is 0. The zero-order valence-electron chi connectivity index (χ0n) is 11.7. The Labute approximate surface area is 68.3 Å². The van der Waals surface area contributed by atoms with Crippen LogP contribution in [0.2, 0.25) is 0 Å². The molecule has 0 amide bonds. The van der Waals surface area contributed by atoms with Gasteiger partial charge in [0.25, 0.3) is 0 Å². The first-order valence-corrected chi connectivity index (χ1v) is 2.41. The summed E-state index contributed by atoms with van der Waals surface area (Å²) in [6, 6.07) is 0. The third-order valence-corrected chi connectivity index (χ3v) is 0.477. The van der Waals surface area contributed by atoms with Gasteiger partial charge in [0.1, 0.15) is 0 Å². The first-order chi connectivity index (χ1) is 6.69. The molecule has 0 saturated heterocycles. The van der Waals surface area contributed by atoms with Gasteiger partial charge >= 0.3 is 5.97 Å². The molecule has 3 heteroatoms. The molecule has 0 saturated carbocycles. The number of halogens is 1. The fourth-order valence-corrected chi connectivity index (χ4v) is 0.207. The predicted molar refractivity (Wildman–Crippen MR) is 35.3 cm³/mol. The minimum atomic E-state index is -3.56. The van der Waals surface area contributed by atoms with Gasteiger partial charge in [0.15, 0.2) is 0 Å². The second-order valence-corrected chi connectivity index (χ2v) is 1.17. The maximum Gasteiger partial charge on any atom is 0.303 e. The van der Waals surface area contributed by atoms with E-state index in [1.807, 2.05) is 0 Å². The van der Waals surface area contributed by atoms with Crippen LogP contribution in [0, 0.1) is 0 Å². The molecule has 0 bridgehead atoms. The van der Waals surface area contributed by atoms with E-state index in [0.717, 1.165) is 0 Å². The lowest BCUT2D eigenvalue weighted by Gasteiger charge is -1.88. The third-order valence-electron chi connectivity index (χ3n) is 0.279. The van der Waals surface area contributed by atoms with Gasteiger partial charge in [0.05, 0.1) is 0 Å². The molecule has 0 radical (unpaired) electrons. The van der Waals surface area contributed by atoms with Crippen molar-refractivity contribution in [2.24, 2.45) is 0 Å². The molecule has 0 aliphatic rings. The maximum atomic E-state index is 10.5. The standard InChI is InChI=1S/C5H9BrO2/c6-4-2-1-3-5(7)8/h1-4H2,(H,7,8)/i1D2,2D2,3D2,4D2. The second-order valence-electron chi connectivity index (χ2n) is 0.775. The minimum absolute atomic E-state index is 2.20. The topological polar surface area (TPSA) is 37.3 Å². The van der Waals surface area contributed by atoms with Crippen LogP contribution in [-0.4, -0.2) is 16.4 Å². The van der Waals surface area contributed by atoms with E-state index in [1.54, 1.807) is 0 Å². The van der Waals surface area contributed by atoms with Crippen molar-refractivity contribution in [2.75, 3.05) is 5.28 Å². The van der Waals surface area contributed by atoms with E-state index in [-0.39, 0.29) is 0 Å². The molecule has 1 N–H and O–H groups in total. The smallest absolute Gasteiger partial charge is 0.303 e. The first kappa shape index (κ1) is 1.72. The highest BCUT2D eigenvalue weighted by Crippen LogP contribution is 1.97. The molecule has 0 atom stereocenters. The molecule has 0 spiro atoms. The molecule has 0 heterocycles. The van der Waals surface area contributed by atoms with Gasteiger partial charge in [-0.05, 0) is 12.7 Å². The van der Waals surface area contributed by atoms with Crippen LogP contribution in [0.1, 0.15) is 30.1 Å². The SMILES string of the molecule is [2H]C([2H])(Br)C([2H])([2H])C([2H])([2H])C([2H])([2H])C(=O)O. The van der Waals surface area contributed by atoms with Crippen LogP contribution in [0.4, 0.5) is 0 Å². The molecule has 0 aromatic carbocycles. The Morgan fingerprint density at radius 1 is 1.75 bits per heavy atom. The quantitative estimate of drug-likeness (QED) is 0.682. The van der Waals surface area contributed by atoms with Gasteiger partial charge in [0, 0.05) is 22.6 Å². The number of rotatable bonds is 4. The molecule has 0 aromatic rings. The van der Waals surface area contributed by atoms with Gasteiger partial charge in [-0.15, -0.1) is 0 Å². The van der Waals surface area contributed by atoms with Crippen LogP contribution in [0.5, 0.6) is 0 Å². The summed E-state index contributed by atoms with van der Waals surface area (Å²) >= 11 is 2.24. The monoisotopic (exact) mass is 188 g/mol. The Balaban J connectivity index is 5.62. The Kier molecular flexibility index (Phi) is 1.09. The van der Waals surface area contributed by atoms with Gasteiger partial charge < -0.3 is 5.11 Å². The average molecular weight is 189 g/mol. The number of aliphatic carboxylic acids is 1. The van der Waals surface area contributed by atoms with Gasteiger partial charge in [-0.25, -0.2) is 0 Å². The van der Waals surface area contributed by atoms with Crippen molar-refractivity contribution >= 4 is 21.9 Å². The highest BCUT2D eigenvalue weighted by Gasteiger charge is 1.93. The summed E-state index contributed by atoms with van der Waals surface area (Å²) < 4.78 is 56.8. The van der Waals surface area contributed by atoms with Crippen LogP contribution in [0.3, 0.4) is 0 Å². The molecule has 0 aromatic heterocycles. The van der Waals surface area contributed by atoms with E-state index in [2.05, 4.69) is 15.9 Å². The molecule has 0 aliphatic heterocycles. The first-order valence-electron chi connectivity index (χ1n) is 5.62. The van der Waals surface area contributed by atoms with Crippen LogP contribution >= 0.6 is 15.9 Å². The zero-order chi connectivity index (χ0) is 13.6. The highest BCUT2D eigenvalue weighted by atomic mass is 79.9. The number of carboxylic acid groups (broad SMARTS) is 1. The van der Waals surface area contributed by atoms with E-state index in [1.165, 1.54) is 0 Å². The van der Waals surface area contributed by atoms with Gasteiger partial charge in [0.2, 0.25) is 0 Å². The van der Waals surface area contributed by atoms with Crippen LogP contribution in [-0.2, 0) is 4.79 Å². The van der Waals surface area contributed by atoms with Gasteiger partial charge in [-0.1, -0.05) is 15.9 Å². The summed E-state index contributed by atoms with van der Waals surface area (Å²) in [5.41, 5.74) is 0. The molecule has 48 valence electrons. The van der Waals surface area contributed by atoms with E-state index < -0.39 is 30.4 Å². The second kappa shape index (κ2) is 5.09. The lowest BCUT2D eigenvalue weighted by atomic mass is 10.3. The molecule has 0 unspecified atom stereocenters. The highest BCUT2D eigenvalue weighted by molar-refractivity contribution is 9.09. The molecule has 0 fully saturated rings. The maximum absolute atomic E-state index is 10.5.